The molecule has 1 aliphatic rings. The van der Waals surface area contributed by atoms with E-state index in [0.29, 0.717) is 0 Å². The monoisotopic (exact) mass is 156 g/mol. The van der Waals surface area contributed by atoms with Gasteiger partial charge in [0.2, 0.25) is 0 Å². The molecule has 0 spiro atoms. The summed E-state index contributed by atoms with van der Waals surface area (Å²) < 4.78 is 5.20. The van der Waals surface area contributed by atoms with Crippen LogP contribution in [-0.2, 0) is 9.53 Å². The van der Waals surface area contributed by atoms with Crippen LogP contribution in [0.5, 0.6) is 0 Å². The van der Waals surface area contributed by atoms with Gasteiger partial charge in [0.05, 0.1) is 0 Å². The zero-order valence-corrected chi connectivity index (χ0v) is 7.73. The third-order valence-corrected chi connectivity index (χ3v) is 3.08. The molecular weight excluding hydrogens is 140 g/mol. The summed E-state index contributed by atoms with van der Waals surface area (Å²) in [5.41, 5.74) is -0.444. The Hall–Kier alpha value is -0.530. The van der Waals surface area contributed by atoms with Crippen molar-refractivity contribution < 1.29 is 9.53 Å². The fraction of sp³-hybridized carbons (Fsp3) is 0.889. The number of carbonyl (C=O) groups excluding carboxylic acids is 1. The van der Waals surface area contributed by atoms with Crippen LogP contribution in [0.2, 0.25) is 0 Å². The standard InChI is InChI=1S/C9H16O2/c1-5-9(6-2)8(3,4)7(10)11-9/h5-6H2,1-4H3. The molecule has 1 fully saturated rings. The van der Waals surface area contributed by atoms with Crippen molar-refractivity contribution >= 4 is 5.97 Å². The molecule has 0 amide bonds. The van der Waals surface area contributed by atoms with Crippen LogP contribution in [0.15, 0.2) is 0 Å². The Labute approximate surface area is 67.9 Å². The Bertz CT molecular complexity index is 178. The normalized spacial score (nSPS) is 25.6. The second-order valence-electron chi connectivity index (χ2n) is 3.72. The minimum absolute atomic E-state index is 0.0544. The van der Waals surface area contributed by atoms with E-state index in [1.807, 2.05) is 13.8 Å². The number of hydrogen-bond donors (Lipinski definition) is 0. The molecule has 1 rings (SSSR count). The Kier molecular flexibility index (Phi) is 1.73. The molecule has 1 heterocycles. The fourth-order valence-corrected chi connectivity index (χ4v) is 1.85. The van der Waals surface area contributed by atoms with Crippen molar-refractivity contribution in [2.24, 2.45) is 5.41 Å². The summed E-state index contributed by atoms with van der Waals surface area (Å²) >= 11 is 0. The van der Waals surface area contributed by atoms with E-state index >= 15 is 0 Å². The lowest BCUT2D eigenvalue weighted by Crippen LogP contribution is -2.63. The van der Waals surface area contributed by atoms with E-state index in [2.05, 4.69) is 13.8 Å². The lowest BCUT2D eigenvalue weighted by Gasteiger charge is -2.52. The van der Waals surface area contributed by atoms with Gasteiger partial charge in [-0.15, -0.1) is 0 Å². The molecule has 0 saturated carbocycles. The SMILES string of the molecule is CCC1(CC)OC(=O)C1(C)C. The topological polar surface area (TPSA) is 26.3 Å². The third kappa shape index (κ3) is 0.815. The smallest absolute Gasteiger partial charge is 0.316 e. The quantitative estimate of drug-likeness (QED) is 0.572. The highest BCUT2D eigenvalue weighted by Gasteiger charge is 2.60. The van der Waals surface area contributed by atoms with Crippen molar-refractivity contribution in [3.8, 4) is 0 Å². The molecule has 11 heavy (non-hydrogen) atoms. The lowest BCUT2D eigenvalue weighted by atomic mass is 9.67. The van der Waals surface area contributed by atoms with Gasteiger partial charge < -0.3 is 4.74 Å². The molecule has 0 aromatic heterocycles. The van der Waals surface area contributed by atoms with Crippen LogP contribution in [0, 0.1) is 5.41 Å². The van der Waals surface area contributed by atoms with Crippen LogP contribution >= 0.6 is 0 Å². The Morgan fingerprint density at radius 1 is 1.27 bits per heavy atom. The van der Waals surface area contributed by atoms with E-state index in [9.17, 15) is 4.79 Å². The Morgan fingerprint density at radius 2 is 1.73 bits per heavy atom. The van der Waals surface area contributed by atoms with Crippen molar-refractivity contribution in [1.82, 2.24) is 0 Å². The molecule has 2 nitrogen and oxygen atoms in total. The van der Waals surface area contributed by atoms with Crippen molar-refractivity contribution in [2.45, 2.75) is 46.1 Å². The van der Waals surface area contributed by atoms with Crippen LogP contribution in [0.1, 0.15) is 40.5 Å². The molecule has 0 N–H and O–H groups in total. The molecule has 2 heteroatoms. The summed E-state index contributed by atoms with van der Waals surface area (Å²) in [6, 6.07) is 0. The van der Waals surface area contributed by atoms with Gasteiger partial charge in [0.15, 0.2) is 0 Å². The maximum absolute atomic E-state index is 11.1. The lowest BCUT2D eigenvalue weighted by molar-refractivity contribution is -0.238. The molecule has 0 radical (unpaired) electrons. The van der Waals surface area contributed by atoms with Gasteiger partial charge in [-0.3, -0.25) is 4.79 Å². The average Bonchev–Trinajstić information content (AvgIpc) is 1.99. The summed E-state index contributed by atoms with van der Waals surface area (Å²) in [6.07, 6.45) is 1.84. The second kappa shape index (κ2) is 2.23. The minimum atomic E-state index is -0.267. The second-order valence-corrected chi connectivity index (χ2v) is 3.72. The van der Waals surface area contributed by atoms with Gasteiger partial charge >= 0.3 is 5.97 Å². The summed E-state index contributed by atoms with van der Waals surface area (Å²) in [5, 5.41) is 0. The fourth-order valence-electron chi connectivity index (χ4n) is 1.85. The predicted octanol–water partition coefficient (Wildman–Crippen LogP) is 2.13. The van der Waals surface area contributed by atoms with Crippen molar-refractivity contribution in [3.05, 3.63) is 0 Å². The molecule has 0 aromatic rings. The first-order valence-electron chi connectivity index (χ1n) is 4.23. The molecule has 0 bridgehead atoms. The first-order chi connectivity index (χ1) is 5.00. The minimum Gasteiger partial charge on any atom is -0.457 e. The van der Waals surface area contributed by atoms with Crippen LogP contribution in [0.4, 0.5) is 0 Å². The summed E-state index contributed by atoms with van der Waals surface area (Å²) in [4.78, 5) is 11.1. The molecule has 1 aliphatic heterocycles. The average molecular weight is 156 g/mol. The Balaban J connectivity index is 2.83. The molecule has 64 valence electrons. The van der Waals surface area contributed by atoms with Gasteiger partial charge in [-0.1, -0.05) is 13.8 Å². The summed E-state index contributed by atoms with van der Waals surface area (Å²) in [6.45, 7) is 8.06. The van der Waals surface area contributed by atoms with E-state index in [4.69, 9.17) is 4.74 Å². The molecule has 0 unspecified atom stereocenters. The number of carbonyl (C=O) groups is 1. The highest BCUT2D eigenvalue weighted by Crippen LogP contribution is 2.49. The van der Waals surface area contributed by atoms with Crippen LogP contribution in [0.25, 0.3) is 0 Å². The van der Waals surface area contributed by atoms with E-state index < -0.39 is 0 Å². The predicted molar refractivity (Wildman–Crippen MR) is 43.2 cm³/mol. The van der Waals surface area contributed by atoms with Gasteiger partial charge in [-0.2, -0.15) is 0 Å². The number of rotatable bonds is 2. The largest absolute Gasteiger partial charge is 0.457 e. The van der Waals surface area contributed by atoms with Crippen LogP contribution in [0.3, 0.4) is 0 Å². The molecule has 0 aliphatic carbocycles. The highest BCUT2D eigenvalue weighted by atomic mass is 16.6. The van der Waals surface area contributed by atoms with Gasteiger partial charge in [0.1, 0.15) is 11.0 Å². The molecular formula is C9H16O2. The van der Waals surface area contributed by atoms with Crippen molar-refractivity contribution in [1.29, 1.82) is 0 Å². The van der Waals surface area contributed by atoms with Crippen molar-refractivity contribution in [3.63, 3.8) is 0 Å². The first-order valence-corrected chi connectivity index (χ1v) is 4.23. The number of hydrogen-bond acceptors (Lipinski definition) is 2. The van der Waals surface area contributed by atoms with E-state index in [-0.39, 0.29) is 17.0 Å². The van der Waals surface area contributed by atoms with E-state index in [0.717, 1.165) is 12.8 Å². The zero-order valence-electron chi connectivity index (χ0n) is 7.73. The van der Waals surface area contributed by atoms with Gasteiger partial charge in [0.25, 0.3) is 0 Å². The van der Waals surface area contributed by atoms with Crippen LogP contribution < -0.4 is 0 Å². The summed E-state index contributed by atoms with van der Waals surface area (Å²) in [5.74, 6) is -0.0544. The third-order valence-electron chi connectivity index (χ3n) is 3.08. The number of ether oxygens (including phenoxy) is 1. The first kappa shape index (κ1) is 8.57. The Morgan fingerprint density at radius 3 is 1.82 bits per heavy atom. The maximum Gasteiger partial charge on any atom is 0.316 e. The maximum atomic E-state index is 11.1. The number of cyclic esters (lactones) is 1. The number of esters is 1. The molecule has 1 saturated heterocycles. The van der Waals surface area contributed by atoms with E-state index in [1.165, 1.54) is 0 Å². The molecule has 0 aromatic carbocycles. The summed E-state index contributed by atoms with van der Waals surface area (Å²) in [7, 11) is 0. The molecule has 0 atom stereocenters. The van der Waals surface area contributed by atoms with Crippen LogP contribution in [-0.4, -0.2) is 11.6 Å². The van der Waals surface area contributed by atoms with Gasteiger partial charge in [-0.05, 0) is 26.7 Å². The van der Waals surface area contributed by atoms with Gasteiger partial charge in [0, 0.05) is 0 Å². The zero-order chi connectivity index (χ0) is 8.70. The highest BCUT2D eigenvalue weighted by molar-refractivity contribution is 5.83. The van der Waals surface area contributed by atoms with Gasteiger partial charge in [-0.25, -0.2) is 0 Å². The van der Waals surface area contributed by atoms with Crippen molar-refractivity contribution in [2.75, 3.05) is 0 Å². The van der Waals surface area contributed by atoms with E-state index in [1.54, 1.807) is 0 Å².